The number of carbonyl (C=O) groups is 1. The molecule has 2 aromatic carbocycles. The molecular formula is C28H28N6O2S. The van der Waals surface area contributed by atoms with Gasteiger partial charge in [-0.3, -0.25) is 4.79 Å². The normalized spacial score (nSPS) is 15.9. The van der Waals surface area contributed by atoms with Gasteiger partial charge < -0.3 is 19.9 Å². The molecule has 0 bridgehead atoms. The fourth-order valence-corrected chi connectivity index (χ4v) is 5.78. The van der Waals surface area contributed by atoms with Crippen molar-refractivity contribution in [3.8, 4) is 5.75 Å². The lowest BCUT2D eigenvalue weighted by Crippen LogP contribution is -2.48. The summed E-state index contributed by atoms with van der Waals surface area (Å²) in [4.78, 5) is 22.7. The van der Waals surface area contributed by atoms with Gasteiger partial charge in [-0.15, -0.1) is 5.10 Å². The van der Waals surface area contributed by atoms with Crippen LogP contribution < -0.4 is 19.9 Å². The predicted molar refractivity (Wildman–Crippen MR) is 145 cm³/mol. The summed E-state index contributed by atoms with van der Waals surface area (Å²) in [5.74, 6) is 1.51. The van der Waals surface area contributed by atoms with E-state index in [1.54, 1.807) is 0 Å². The SMILES string of the molecule is Cc1ccc(N(Cc2ccccc2)c2ccc3c(c2)N(c2nc4c(s2)C(=O)NC(C)(C)C4)CCO3)nn1. The van der Waals surface area contributed by atoms with E-state index < -0.39 is 0 Å². The number of fused-ring (bicyclic) bond motifs is 2. The molecular weight excluding hydrogens is 484 g/mol. The molecule has 8 nitrogen and oxygen atoms in total. The Morgan fingerprint density at radius 2 is 1.95 bits per heavy atom. The van der Waals surface area contributed by atoms with Crippen LogP contribution in [-0.4, -0.2) is 39.8 Å². The van der Waals surface area contributed by atoms with Gasteiger partial charge in [0.2, 0.25) is 0 Å². The molecule has 9 heteroatoms. The molecule has 4 heterocycles. The number of hydrogen-bond acceptors (Lipinski definition) is 8. The molecule has 0 saturated carbocycles. The van der Waals surface area contributed by atoms with Gasteiger partial charge in [0.05, 0.1) is 23.6 Å². The zero-order valence-electron chi connectivity index (χ0n) is 21.1. The van der Waals surface area contributed by atoms with E-state index in [9.17, 15) is 4.79 Å². The molecule has 37 heavy (non-hydrogen) atoms. The van der Waals surface area contributed by atoms with E-state index in [0.29, 0.717) is 31.0 Å². The lowest BCUT2D eigenvalue weighted by atomic mass is 9.94. The van der Waals surface area contributed by atoms with Crippen LogP contribution in [0.5, 0.6) is 5.75 Å². The van der Waals surface area contributed by atoms with Gasteiger partial charge in [0.15, 0.2) is 10.9 Å². The largest absolute Gasteiger partial charge is 0.490 e. The second-order valence-corrected chi connectivity index (χ2v) is 11.0. The third kappa shape index (κ3) is 4.62. The summed E-state index contributed by atoms with van der Waals surface area (Å²) in [7, 11) is 0. The maximum absolute atomic E-state index is 12.7. The van der Waals surface area contributed by atoms with Crippen LogP contribution in [0.1, 0.15) is 40.5 Å². The van der Waals surface area contributed by atoms with Gasteiger partial charge in [-0.05, 0) is 56.7 Å². The predicted octanol–water partition coefficient (Wildman–Crippen LogP) is 5.17. The topological polar surface area (TPSA) is 83.5 Å². The van der Waals surface area contributed by atoms with E-state index in [1.165, 1.54) is 11.3 Å². The fraction of sp³-hybridized carbons (Fsp3) is 0.286. The first kappa shape index (κ1) is 23.4. The Morgan fingerprint density at radius 1 is 1.11 bits per heavy atom. The Morgan fingerprint density at radius 3 is 2.73 bits per heavy atom. The van der Waals surface area contributed by atoms with Crippen LogP contribution in [0.15, 0.2) is 60.7 Å². The standard InChI is InChI=1S/C28H28N6O2S/c1-18-9-12-24(32-31-18)34(17-19-7-5-4-6-8-19)20-10-11-23-22(15-20)33(13-14-36-23)27-29-21-16-28(2,3)30-26(35)25(21)37-27/h4-12,15H,13-14,16-17H2,1-3H3,(H,30,35). The molecule has 2 aliphatic heterocycles. The van der Waals surface area contributed by atoms with Crippen molar-refractivity contribution in [1.82, 2.24) is 20.5 Å². The molecule has 2 aromatic heterocycles. The molecule has 0 saturated heterocycles. The molecule has 0 spiro atoms. The first-order valence-electron chi connectivity index (χ1n) is 12.3. The van der Waals surface area contributed by atoms with Gasteiger partial charge in [0.25, 0.3) is 5.91 Å². The van der Waals surface area contributed by atoms with E-state index in [-0.39, 0.29) is 11.4 Å². The van der Waals surface area contributed by atoms with Crippen LogP contribution in [0.4, 0.5) is 22.3 Å². The lowest BCUT2D eigenvalue weighted by Gasteiger charge is -2.31. The summed E-state index contributed by atoms with van der Waals surface area (Å²) in [5, 5.41) is 12.7. The van der Waals surface area contributed by atoms with Gasteiger partial charge in [0, 0.05) is 24.2 Å². The number of anilines is 4. The summed E-state index contributed by atoms with van der Waals surface area (Å²) >= 11 is 1.44. The van der Waals surface area contributed by atoms with Crippen molar-refractivity contribution in [3.63, 3.8) is 0 Å². The zero-order valence-corrected chi connectivity index (χ0v) is 21.9. The van der Waals surface area contributed by atoms with Crippen LogP contribution >= 0.6 is 11.3 Å². The van der Waals surface area contributed by atoms with E-state index in [0.717, 1.165) is 45.0 Å². The summed E-state index contributed by atoms with van der Waals surface area (Å²) in [5.41, 5.74) is 4.48. The Hall–Kier alpha value is -3.98. The van der Waals surface area contributed by atoms with Gasteiger partial charge in [0.1, 0.15) is 17.2 Å². The third-order valence-corrected chi connectivity index (χ3v) is 7.67. The average molecular weight is 513 g/mol. The van der Waals surface area contributed by atoms with E-state index >= 15 is 0 Å². The number of hydrogen-bond donors (Lipinski definition) is 1. The smallest absolute Gasteiger partial charge is 0.263 e. The minimum Gasteiger partial charge on any atom is -0.490 e. The second kappa shape index (κ2) is 9.15. The van der Waals surface area contributed by atoms with Crippen molar-refractivity contribution >= 4 is 39.6 Å². The molecule has 0 fully saturated rings. The minimum absolute atomic E-state index is 0.0517. The highest BCUT2D eigenvalue weighted by atomic mass is 32.1. The summed E-state index contributed by atoms with van der Waals surface area (Å²) in [6.45, 7) is 7.82. The Labute approximate surface area is 219 Å². The minimum atomic E-state index is -0.307. The van der Waals surface area contributed by atoms with E-state index in [2.05, 4.69) is 49.6 Å². The molecule has 0 unspecified atom stereocenters. The Kier molecular flexibility index (Phi) is 5.79. The average Bonchev–Trinajstić information content (AvgIpc) is 3.31. The first-order chi connectivity index (χ1) is 17.9. The van der Waals surface area contributed by atoms with Gasteiger partial charge in [-0.25, -0.2) is 4.98 Å². The number of rotatable bonds is 5. The van der Waals surface area contributed by atoms with E-state index in [1.807, 2.05) is 57.2 Å². The van der Waals surface area contributed by atoms with Crippen molar-refractivity contribution in [2.24, 2.45) is 0 Å². The quantitative estimate of drug-likeness (QED) is 0.395. The Balaban J connectivity index is 1.40. The molecule has 0 radical (unpaired) electrons. The van der Waals surface area contributed by atoms with E-state index in [4.69, 9.17) is 9.72 Å². The molecule has 2 aliphatic rings. The van der Waals surface area contributed by atoms with Gasteiger partial charge in [-0.1, -0.05) is 41.7 Å². The maximum Gasteiger partial charge on any atom is 0.263 e. The number of aryl methyl sites for hydroxylation is 1. The maximum atomic E-state index is 12.7. The monoisotopic (exact) mass is 512 g/mol. The highest BCUT2D eigenvalue weighted by molar-refractivity contribution is 7.17. The number of benzene rings is 2. The summed E-state index contributed by atoms with van der Waals surface area (Å²) in [6, 6.07) is 20.4. The molecule has 0 atom stereocenters. The highest BCUT2D eigenvalue weighted by Gasteiger charge is 2.35. The number of aromatic nitrogens is 3. The van der Waals surface area contributed by atoms with Crippen LogP contribution in [0, 0.1) is 6.92 Å². The number of carbonyl (C=O) groups excluding carboxylic acids is 1. The number of ether oxygens (including phenoxy) is 1. The Bertz CT molecular complexity index is 1450. The van der Waals surface area contributed by atoms with Gasteiger partial charge >= 0.3 is 0 Å². The fourth-order valence-electron chi connectivity index (χ4n) is 4.76. The third-order valence-electron chi connectivity index (χ3n) is 6.55. The second-order valence-electron chi connectivity index (χ2n) is 10.0. The summed E-state index contributed by atoms with van der Waals surface area (Å²) < 4.78 is 6.02. The number of nitrogens with zero attached hydrogens (tertiary/aromatic N) is 5. The van der Waals surface area contributed by atoms with Crippen molar-refractivity contribution < 1.29 is 9.53 Å². The van der Waals surface area contributed by atoms with Crippen molar-refractivity contribution in [2.45, 2.75) is 39.3 Å². The number of amides is 1. The number of thiazole rings is 1. The zero-order chi connectivity index (χ0) is 25.6. The number of nitrogens with one attached hydrogen (secondary N) is 1. The first-order valence-corrected chi connectivity index (χ1v) is 13.2. The molecule has 4 aromatic rings. The van der Waals surface area contributed by atoms with Crippen molar-refractivity contribution in [1.29, 1.82) is 0 Å². The molecule has 1 amide bonds. The molecule has 188 valence electrons. The molecule has 6 rings (SSSR count). The van der Waals surface area contributed by atoms with Crippen LogP contribution in [0.2, 0.25) is 0 Å². The van der Waals surface area contributed by atoms with Crippen LogP contribution in [-0.2, 0) is 13.0 Å². The van der Waals surface area contributed by atoms with Crippen molar-refractivity contribution in [3.05, 3.63) is 82.5 Å². The summed E-state index contributed by atoms with van der Waals surface area (Å²) in [6.07, 6.45) is 0.707. The van der Waals surface area contributed by atoms with Gasteiger partial charge in [-0.2, -0.15) is 5.10 Å². The van der Waals surface area contributed by atoms with Crippen molar-refractivity contribution in [2.75, 3.05) is 23.0 Å². The molecule has 0 aliphatic carbocycles. The molecule has 1 N–H and O–H groups in total. The highest BCUT2D eigenvalue weighted by Crippen LogP contribution is 2.43. The van der Waals surface area contributed by atoms with Crippen LogP contribution in [0.25, 0.3) is 0 Å². The lowest BCUT2D eigenvalue weighted by molar-refractivity contribution is 0.0901. The van der Waals surface area contributed by atoms with Crippen LogP contribution in [0.3, 0.4) is 0 Å².